The molecule has 0 fully saturated rings. The third-order valence-electron chi connectivity index (χ3n) is 2.54. The highest BCUT2D eigenvalue weighted by molar-refractivity contribution is 4.81. The zero-order valence-electron chi connectivity index (χ0n) is 9.48. The van der Waals surface area contributed by atoms with Crippen LogP contribution in [0.1, 0.15) is 45.4 Å². The average Bonchev–Trinajstić information content (AvgIpc) is 2.25. The Morgan fingerprint density at radius 2 is 1.93 bits per heavy atom. The number of hydrogen-bond donors (Lipinski definition) is 0. The predicted octanol–water partition coefficient (Wildman–Crippen LogP) is 2.60. The van der Waals surface area contributed by atoms with Gasteiger partial charge in [0.2, 0.25) is 0 Å². The highest BCUT2D eigenvalue weighted by Crippen LogP contribution is 2.05. The average molecular weight is 208 g/mol. The Balaban J connectivity index is 2.15. The van der Waals surface area contributed by atoms with Gasteiger partial charge in [0.15, 0.2) is 0 Å². The second-order valence-electron chi connectivity index (χ2n) is 3.88. The van der Waals surface area contributed by atoms with Crippen molar-refractivity contribution in [3.05, 3.63) is 28.9 Å². The first-order chi connectivity index (χ1) is 7.34. The van der Waals surface area contributed by atoms with Gasteiger partial charge >= 0.3 is 0 Å². The Bertz CT molecular complexity index is 319. The Hall–Kier alpha value is -1.12. The van der Waals surface area contributed by atoms with E-state index in [1.807, 2.05) is 0 Å². The smallest absolute Gasteiger partial charge is 0.253 e. The molecule has 0 saturated heterocycles. The van der Waals surface area contributed by atoms with Gasteiger partial charge in [-0.15, -0.1) is 0 Å². The Morgan fingerprint density at radius 1 is 1.20 bits per heavy atom. The monoisotopic (exact) mass is 208 g/mol. The van der Waals surface area contributed by atoms with Crippen LogP contribution in [-0.2, 0) is 6.54 Å². The molecule has 0 radical (unpaired) electrons. The Kier molecular flexibility index (Phi) is 5.74. The molecule has 0 unspecified atom stereocenters. The summed E-state index contributed by atoms with van der Waals surface area (Å²) in [5.41, 5.74) is 0.0542. The number of rotatable bonds is 7. The molecule has 0 N–H and O–H groups in total. The van der Waals surface area contributed by atoms with Crippen LogP contribution in [0.4, 0.5) is 0 Å². The molecule has 0 aliphatic carbocycles. The van der Waals surface area contributed by atoms with Crippen LogP contribution in [0.5, 0.6) is 0 Å². The largest absolute Gasteiger partial charge is 0.299 e. The molecule has 0 aromatic carbocycles. The normalized spacial score (nSPS) is 10.5. The molecule has 3 nitrogen and oxygen atoms in total. The summed E-state index contributed by atoms with van der Waals surface area (Å²) in [6, 6.07) is 1.51. The van der Waals surface area contributed by atoms with E-state index in [0.717, 1.165) is 13.0 Å². The molecule has 0 aliphatic rings. The first-order valence-corrected chi connectivity index (χ1v) is 5.85. The van der Waals surface area contributed by atoms with Crippen LogP contribution in [0.3, 0.4) is 0 Å². The molecule has 1 rings (SSSR count). The second kappa shape index (κ2) is 7.21. The molecular weight excluding hydrogens is 188 g/mol. The second-order valence-corrected chi connectivity index (χ2v) is 3.88. The van der Waals surface area contributed by atoms with E-state index in [-0.39, 0.29) is 5.56 Å². The molecule has 3 heteroatoms. The Morgan fingerprint density at radius 3 is 2.67 bits per heavy atom. The third kappa shape index (κ3) is 4.77. The number of unbranched alkanes of at least 4 members (excludes halogenated alkanes) is 5. The van der Waals surface area contributed by atoms with Crippen molar-refractivity contribution < 1.29 is 0 Å². The van der Waals surface area contributed by atoms with Gasteiger partial charge in [0, 0.05) is 18.8 Å². The van der Waals surface area contributed by atoms with Gasteiger partial charge in [-0.25, -0.2) is 4.98 Å². The lowest BCUT2D eigenvalue weighted by Crippen LogP contribution is -2.18. The van der Waals surface area contributed by atoms with Gasteiger partial charge < -0.3 is 0 Å². The van der Waals surface area contributed by atoms with E-state index in [9.17, 15) is 4.79 Å². The summed E-state index contributed by atoms with van der Waals surface area (Å²) >= 11 is 0. The zero-order chi connectivity index (χ0) is 10.9. The van der Waals surface area contributed by atoms with Crippen molar-refractivity contribution in [2.75, 3.05) is 0 Å². The van der Waals surface area contributed by atoms with Crippen molar-refractivity contribution >= 4 is 0 Å². The van der Waals surface area contributed by atoms with Crippen molar-refractivity contribution in [1.82, 2.24) is 9.55 Å². The predicted molar refractivity (Wildman–Crippen MR) is 61.9 cm³/mol. The first-order valence-electron chi connectivity index (χ1n) is 5.85. The lowest BCUT2D eigenvalue weighted by Gasteiger charge is -2.03. The van der Waals surface area contributed by atoms with Gasteiger partial charge in [0.1, 0.15) is 0 Å². The van der Waals surface area contributed by atoms with Gasteiger partial charge in [-0.05, 0) is 6.42 Å². The number of nitrogens with zero attached hydrogens (tertiary/aromatic N) is 2. The van der Waals surface area contributed by atoms with Crippen molar-refractivity contribution in [3.8, 4) is 0 Å². The molecule has 1 heterocycles. The van der Waals surface area contributed by atoms with Crippen molar-refractivity contribution in [1.29, 1.82) is 0 Å². The molecular formula is C12H20N2O. The SMILES string of the molecule is CCCCCCCCn1cnccc1=O. The molecule has 0 bridgehead atoms. The minimum atomic E-state index is 0.0542. The van der Waals surface area contributed by atoms with Gasteiger partial charge in [-0.1, -0.05) is 39.0 Å². The lowest BCUT2D eigenvalue weighted by molar-refractivity contribution is 0.545. The maximum atomic E-state index is 11.3. The Labute approximate surface area is 91.2 Å². The summed E-state index contributed by atoms with van der Waals surface area (Å²) in [5, 5.41) is 0. The maximum absolute atomic E-state index is 11.3. The molecule has 0 saturated carbocycles. The zero-order valence-corrected chi connectivity index (χ0v) is 9.48. The van der Waals surface area contributed by atoms with Crippen LogP contribution in [0.15, 0.2) is 23.4 Å². The quantitative estimate of drug-likeness (QED) is 0.645. The molecule has 15 heavy (non-hydrogen) atoms. The summed E-state index contributed by atoms with van der Waals surface area (Å²) in [6.07, 6.45) is 10.7. The van der Waals surface area contributed by atoms with Crippen molar-refractivity contribution in [2.24, 2.45) is 0 Å². The van der Waals surface area contributed by atoms with E-state index in [1.54, 1.807) is 17.1 Å². The van der Waals surface area contributed by atoms with Gasteiger partial charge in [0.05, 0.1) is 6.33 Å². The minimum Gasteiger partial charge on any atom is -0.299 e. The van der Waals surface area contributed by atoms with E-state index in [1.165, 1.54) is 38.2 Å². The topological polar surface area (TPSA) is 34.9 Å². The third-order valence-corrected chi connectivity index (χ3v) is 2.54. The molecule has 0 atom stereocenters. The van der Waals surface area contributed by atoms with Crippen LogP contribution in [0.25, 0.3) is 0 Å². The lowest BCUT2D eigenvalue weighted by atomic mass is 10.1. The van der Waals surface area contributed by atoms with E-state index in [0.29, 0.717) is 0 Å². The van der Waals surface area contributed by atoms with Crippen LogP contribution in [-0.4, -0.2) is 9.55 Å². The summed E-state index contributed by atoms with van der Waals surface area (Å²) < 4.78 is 1.68. The van der Waals surface area contributed by atoms with Gasteiger partial charge in [0.25, 0.3) is 5.56 Å². The van der Waals surface area contributed by atoms with E-state index in [2.05, 4.69) is 11.9 Å². The maximum Gasteiger partial charge on any atom is 0.253 e. The first kappa shape index (κ1) is 12.0. The molecule has 0 spiro atoms. The fraction of sp³-hybridized carbons (Fsp3) is 0.667. The summed E-state index contributed by atoms with van der Waals surface area (Å²) in [4.78, 5) is 15.2. The van der Waals surface area contributed by atoms with Crippen LogP contribution >= 0.6 is 0 Å². The highest BCUT2D eigenvalue weighted by Gasteiger charge is 1.94. The molecule has 0 amide bonds. The molecule has 84 valence electrons. The molecule has 0 aliphatic heterocycles. The van der Waals surface area contributed by atoms with Crippen LogP contribution in [0, 0.1) is 0 Å². The van der Waals surface area contributed by atoms with Crippen molar-refractivity contribution in [3.63, 3.8) is 0 Å². The van der Waals surface area contributed by atoms with Crippen LogP contribution < -0.4 is 5.56 Å². The highest BCUT2D eigenvalue weighted by atomic mass is 16.1. The molecule has 1 aromatic rings. The standard InChI is InChI=1S/C12H20N2O/c1-2-3-4-5-6-7-10-14-11-13-9-8-12(14)15/h8-9,11H,2-7,10H2,1H3. The fourth-order valence-electron chi connectivity index (χ4n) is 1.61. The molecule has 1 aromatic heterocycles. The van der Waals surface area contributed by atoms with Gasteiger partial charge in [-0.3, -0.25) is 9.36 Å². The summed E-state index contributed by atoms with van der Waals surface area (Å²) in [6.45, 7) is 3.02. The van der Waals surface area contributed by atoms with E-state index < -0.39 is 0 Å². The fourth-order valence-corrected chi connectivity index (χ4v) is 1.61. The van der Waals surface area contributed by atoms with Gasteiger partial charge in [-0.2, -0.15) is 0 Å². The minimum absolute atomic E-state index is 0.0542. The summed E-state index contributed by atoms with van der Waals surface area (Å²) in [7, 11) is 0. The summed E-state index contributed by atoms with van der Waals surface area (Å²) in [5.74, 6) is 0. The van der Waals surface area contributed by atoms with E-state index >= 15 is 0 Å². The number of aryl methyl sites for hydroxylation is 1. The number of hydrogen-bond acceptors (Lipinski definition) is 2. The van der Waals surface area contributed by atoms with Crippen molar-refractivity contribution in [2.45, 2.75) is 52.0 Å². The van der Waals surface area contributed by atoms with Crippen LogP contribution in [0.2, 0.25) is 0 Å². The number of aromatic nitrogens is 2. The van der Waals surface area contributed by atoms with E-state index in [4.69, 9.17) is 0 Å².